The van der Waals surface area contributed by atoms with Crippen LogP contribution in [-0.2, 0) is 11.2 Å². The second kappa shape index (κ2) is 5.04. The summed E-state index contributed by atoms with van der Waals surface area (Å²) < 4.78 is 4.77. The topological polar surface area (TPSA) is 51.2 Å². The maximum atomic E-state index is 11.7. The van der Waals surface area contributed by atoms with Gasteiger partial charge in [-0.2, -0.15) is 0 Å². The SMILES string of the molecule is CCc1cccc2c(NC)c(C(=O)OC)cnc12. The van der Waals surface area contributed by atoms with Crippen molar-refractivity contribution in [2.75, 3.05) is 19.5 Å². The molecule has 94 valence electrons. The maximum Gasteiger partial charge on any atom is 0.341 e. The van der Waals surface area contributed by atoms with E-state index in [2.05, 4.69) is 17.2 Å². The molecule has 2 rings (SSSR count). The lowest BCUT2D eigenvalue weighted by Gasteiger charge is -2.12. The fourth-order valence-corrected chi connectivity index (χ4v) is 2.10. The second-order valence-corrected chi connectivity index (χ2v) is 3.96. The van der Waals surface area contributed by atoms with Crippen LogP contribution in [0.3, 0.4) is 0 Å². The zero-order valence-corrected chi connectivity index (χ0v) is 10.8. The number of fused-ring (bicyclic) bond motifs is 1. The number of aromatic nitrogens is 1. The maximum absolute atomic E-state index is 11.7. The molecule has 1 N–H and O–H groups in total. The van der Waals surface area contributed by atoms with Gasteiger partial charge < -0.3 is 10.1 Å². The molecule has 2 aromatic rings. The molecule has 18 heavy (non-hydrogen) atoms. The monoisotopic (exact) mass is 244 g/mol. The van der Waals surface area contributed by atoms with Crippen molar-refractivity contribution in [3.63, 3.8) is 0 Å². The number of carbonyl (C=O) groups excluding carboxylic acids is 1. The number of methoxy groups -OCH3 is 1. The third-order valence-corrected chi connectivity index (χ3v) is 3.02. The van der Waals surface area contributed by atoms with Crippen molar-refractivity contribution in [1.82, 2.24) is 4.98 Å². The normalized spacial score (nSPS) is 10.4. The number of nitrogens with one attached hydrogen (secondary N) is 1. The van der Waals surface area contributed by atoms with Crippen LogP contribution in [0.5, 0.6) is 0 Å². The Morgan fingerprint density at radius 2 is 2.22 bits per heavy atom. The van der Waals surface area contributed by atoms with Crippen molar-refractivity contribution in [1.29, 1.82) is 0 Å². The molecule has 0 fully saturated rings. The lowest BCUT2D eigenvalue weighted by Crippen LogP contribution is -2.07. The summed E-state index contributed by atoms with van der Waals surface area (Å²) in [6, 6.07) is 5.98. The van der Waals surface area contributed by atoms with Gasteiger partial charge in [0, 0.05) is 18.6 Å². The number of esters is 1. The Hall–Kier alpha value is -2.10. The minimum Gasteiger partial charge on any atom is -0.465 e. The van der Waals surface area contributed by atoms with Crippen LogP contribution in [0.1, 0.15) is 22.8 Å². The highest BCUT2D eigenvalue weighted by atomic mass is 16.5. The predicted molar refractivity (Wildman–Crippen MR) is 72.0 cm³/mol. The number of hydrogen-bond donors (Lipinski definition) is 1. The van der Waals surface area contributed by atoms with Crippen molar-refractivity contribution < 1.29 is 9.53 Å². The molecule has 0 bridgehead atoms. The third kappa shape index (κ3) is 1.90. The summed E-state index contributed by atoms with van der Waals surface area (Å²) in [7, 11) is 3.16. The summed E-state index contributed by atoms with van der Waals surface area (Å²) in [5.74, 6) is -0.379. The Balaban J connectivity index is 2.76. The minimum absolute atomic E-state index is 0.379. The van der Waals surface area contributed by atoms with Gasteiger partial charge in [0.1, 0.15) is 5.56 Å². The number of aryl methyl sites for hydroxylation is 1. The predicted octanol–water partition coefficient (Wildman–Crippen LogP) is 2.63. The fraction of sp³-hybridized carbons (Fsp3) is 0.286. The standard InChI is InChI=1S/C14H16N2O2/c1-4-9-6-5-7-10-12(9)16-8-11(13(10)15-2)14(17)18-3/h5-8H,4H2,1-3H3,(H,15,16). The molecular weight excluding hydrogens is 228 g/mol. The first kappa shape index (κ1) is 12.4. The van der Waals surface area contributed by atoms with E-state index in [0.29, 0.717) is 5.56 Å². The zero-order valence-electron chi connectivity index (χ0n) is 10.8. The first-order valence-electron chi connectivity index (χ1n) is 5.89. The van der Waals surface area contributed by atoms with Crippen LogP contribution in [0, 0.1) is 0 Å². The Bertz CT molecular complexity index is 594. The van der Waals surface area contributed by atoms with Crippen molar-refractivity contribution in [3.05, 3.63) is 35.5 Å². The molecule has 1 aromatic carbocycles. The average Bonchev–Trinajstić information content (AvgIpc) is 2.44. The number of ether oxygens (including phenoxy) is 1. The van der Waals surface area contributed by atoms with Gasteiger partial charge in [0.2, 0.25) is 0 Å². The van der Waals surface area contributed by atoms with Crippen LogP contribution < -0.4 is 5.32 Å². The summed E-state index contributed by atoms with van der Waals surface area (Å²) in [6.07, 6.45) is 2.48. The van der Waals surface area contributed by atoms with Crippen LogP contribution in [0.25, 0.3) is 10.9 Å². The van der Waals surface area contributed by atoms with Crippen molar-refractivity contribution in [2.45, 2.75) is 13.3 Å². The molecular formula is C14H16N2O2. The summed E-state index contributed by atoms with van der Waals surface area (Å²) in [5.41, 5.74) is 3.32. The van der Waals surface area contributed by atoms with Gasteiger partial charge in [-0.25, -0.2) is 4.79 Å². The van der Waals surface area contributed by atoms with E-state index in [4.69, 9.17) is 4.74 Å². The molecule has 0 aliphatic rings. The molecule has 0 atom stereocenters. The van der Waals surface area contributed by atoms with E-state index in [0.717, 1.165) is 23.0 Å². The summed E-state index contributed by atoms with van der Waals surface area (Å²) in [6.45, 7) is 2.09. The van der Waals surface area contributed by atoms with Crippen LogP contribution in [0.4, 0.5) is 5.69 Å². The van der Waals surface area contributed by atoms with E-state index in [1.165, 1.54) is 12.7 Å². The van der Waals surface area contributed by atoms with E-state index in [9.17, 15) is 4.79 Å². The summed E-state index contributed by atoms with van der Waals surface area (Å²) >= 11 is 0. The minimum atomic E-state index is -0.379. The van der Waals surface area contributed by atoms with Gasteiger partial charge in [0.05, 0.1) is 18.3 Å². The quantitative estimate of drug-likeness (QED) is 0.843. The van der Waals surface area contributed by atoms with Crippen molar-refractivity contribution in [2.24, 2.45) is 0 Å². The molecule has 0 aliphatic heterocycles. The number of benzene rings is 1. The Labute approximate surface area is 106 Å². The molecule has 4 nitrogen and oxygen atoms in total. The lowest BCUT2D eigenvalue weighted by atomic mass is 10.0. The first-order valence-corrected chi connectivity index (χ1v) is 5.89. The zero-order chi connectivity index (χ0) is 13.1. The molecule has 0 spiro atoms. The molecule has 0 aliphatic carbocycles. The number of para-hydroxylation sites is 1. The Kier molecular flexibility index (Phi) is 3.46. The van der Waals surface area contributed by atoms with Crippen LogP contribution in [0.2, 0.25) is 0 Å². The van der Waals surface area contributed by atoms with Gasteiger partial charge in [-0.1, -0.05) is 25.1 Å². The molecule has 0 amide bonds. The highest BCUT2D eigenvalue weighted by molar-refractivity contribution is 6.05. The molecule has 4 heteroatoms. The van der Waals surface area contributed by atoms with Crippen molar-refractivity contribution >= 4 is 22.6 Å². The molecule has 1 heterocycles. The fourth-order valence-electron chi connectivity index (χ4n) is 2.10. The van der Waals surface area contributed by atoms with Crippen LogP contribution in [-0.4, -0.2) is 25.1 Å². The van der Waals surface area contributed by atoms with Gasteiger partial charge in [0.25, 0.3) is 0 Å². The molecule has 0 radical (unpaired) electrons. The van der Waals surface area contributed by atoms with Crippen LogP contribution in [0.15, 0.2) is 24.4 Å². The number of rotatable bonds is 3. The highest BCUT2D eigenvalue weighted by Gasteiger charge is 2.15. The number of hydrogen-bond acceptors (Lipinski definition) is 4. The van der Waals surface area contributed by atoms with Gasteiger partial charge in [-0.3, -0.25) is 4.98 Å². The third-order valence-electron chi connectivity index (χ3n) is 3.02. The summed E-state index contributed by atoms with van der Waals surface area (Å²) in [4.78, 5) is 16.1. The number of pyridine rings is 1. The van der Waals surface area contributed by atoms with Gasteiger partial charge in [-0.15, -0.1) is 0 Å². The molecule has 0 unspecified atom stereocenters. The molecule has 1 aromatic heterocycles. The smallest absolute Gasteiger partial charge is 0.341 e. The van der Waals surface area contributed by atoms with Crippen molar-refractivity contribution in [3.8, 4) is 0 Å². The molecule has 0 saturated heterocycles. The first-order chi connectivity index (χ1) is 8.72. The summed E-state index contributed by atoms with van der Waals surface area (Å²) in [5, 5.41) is 4.01. The molecule has 0 saturated carbocycles. The lowest BCUT2D eigenvalue weighted by molar-refractivity contribution is 0.0601. The number of carbonyl (C=O) groups is 1. The average molecular weight is 244 g/mol. The van der Waals surface area contributed by atoms with E-state index in [-0.39, 0.29) is 5.97 Å². The Morgan fingerprint density at radius 1 is 1.44 bits per heavy atom. The van der Waals surface area contributed by atoms with Crippen LogP contribution >= 0.6 is 0 Å². The second-order valence-electron chi connectivity index (χ2n) is 3.96. The van der Waals surface area contributed by atoms with E-state index in [1.54, 1.807) is 13.2 Å². The Morgan fingerprint density at radius 3 is 2.83 bits per heavy atom. The number of nitrogens with zero attached hydrogens (tertiary/aromatic N) is 1. The van der Waals surface area contributed by atoms with E-state index < -0.39 is 0 Å². The largest absolute Gasteiger partial charge is 0.465 e. The van der Waals surface area contributed by atoms with E-state index in [1.807, 2.05) is 18.2 Å². The van der Waals surface area contributed by atoms with Gasteiger partial charge in [0.15, 0.2) is 0 Å². The highest BCUT2D eigenvalue weighted by Crippen LogP contribution is 2.28. The van der Waals surface area contributed by atoms with Gasteiger partial charge in [-0.05, 0) is 12.0 Å². The van der Waals surface area contributed by atoms with Gasteiger partial charge >= 0.3 is 5.97 Å². The number of anilines is 1. The van der Waals surface area contributed by atoms with E-state index >= 15 is 0 Å².